The zero-order valence-electron chi connectivity index (χ0n) is 17.9. The van der Waals surface area contributed by atoms with Gasteiger partial charge in [-0.1, -0.05) is 18.2 Å². The summed E-state index contributed by atoms with van der Waals surface area (Å²) in [5, 5.41) is 3.04. The molecule has 0 aliphatic carbocycles. The summed E-state index contributed by atoms with van der Waals surface area (Å²) < 4.78 is 11.3. The molecule has 1 aliphatic heterocycles. The molecule has 6 heteroatoms. The highest BCUT2D eigenvalue weighted by Gasteiger charge is 2.21. The number of nitrogens with zero attached hydrogens (tertiary/aromatic N) is 1. The molecule has 2 aromatic carbocycles. The summed E-state index contributed by atoms with van der Waals surface area (Å²) in [5.74, 6) is 1.50. The average molecular weight is 411 g/mol. The lowest BCUT2D eigenvalue weighted by Gasteiger charge is -2.18. The van der Waals surface area contributed by atoms with Gasteiger partial charge in [-0.15, -0.1) is 0 Å². The smallest absolute Gasteiger partial charge is 0.227 e. The molecule has 0 bridgehead atoms. The first-order valence-electron chi connectivity index (χ1n) is 10.6. The van der Waals surface area contributed by atoms with Crippen molar-refractivity contribution in [2.45, 2.75) is 46.1 Å². The highest BCUT2D eigenvalue weighted by molar-refractivity contribution is 5.95. The molecule has 160 valence electrons. The van der Waals surface area contributed by atoms with Crippen molar-refractivity contribution in [2.24, 2.45) is 0 Å². The lowest BCUT2D eigenvalue weighted by molar-refractivity contribution is -0.121. The third kappa shape index (κ3) is 5.32. The molecular weight excluding hydrogens is 380 g/mol. The first-order valence-corrected chi connectivity index (χ1v) is 10.6. The van der Waals surface area contributed by atoms with E-state index in [-0.39, 0.29) is 24.3 Å². The first kappa shape index (κ1) is 21.7. The highest BCUT2D eigenvalue weighted by atomic mass is 16.5. The highest BCUT2D eigenvalue weighted by Crippen LogP contribution is 2.30. The molecule has 0 saturated carbocycles. The fourth-order valence-corrected chi connectivity index (χ4v) is 3.61. The first-order chi connectivity index (χ1) is 14.5. The van der Waals surface area contributed by atoms with E-state index in [1.165, 1.54) is 0 Å². The van der Waals surface area contributed by atoms with E-state index in [0.29, 0.717) is 31.1 Å². The molecule has 1 fully saturated rings. The molecule has 1 heterocycles. The van der Waals surface area contributed by atoms with E-state index in [0.717, 1.165) is 29.8 Å². The van der Waals surface area contributed by atoms with Crippen LogP contribution in [0.5, 0.6) is 11.5 Å². The summed E-state index contributed by atoms with van der Waals surface area (Å²) in [5.41, 5.74) is 2.77. The Balaban J connectivity index is 1.60. The Labute approximate surface area is 178 Å². The summed E-state index contributed by atoms with van der Waals surface area (Å²) in [6.07, 6.45) is 1.80. The van der Waals surface area contributed by atoms with Crippen molar-refractivity contribution in [3.8, 4) is 11.5 Å². The van der Waals surface area contributed by atoms with Crippen molar-refractivity contribution in [3.05, 3.63) is 53.6 Å². The number of amides is 2. The second kappa shape index (κ2) is 10.1. The monoisotopic (exact) mass is 410 g/mol. The Morgan fingerprint density at radius 2 is 1.77 bits per heavy atom. The molecule has 0 unspecified atom stereocenters. The third-order valence-corrected chi connectivity index (χ3v) is 5.13. The number of nitrogens with one attached hydrogen (secondary N) is 1. The van der Waals surface area contributed by atoms with Crippen LogP contribution in [0.25, 0.3) is 0 Å². The lowest BCUT2D eigenvalue weighted by atomic mass is 10.1. The van der Waals surface area contributed by atoms with E-state index in [1.807, 2.05) is 63.2 Å². The van der Waals surface area contributed by atoms with Gasteiger partial charge in [0.1, 0.15) is 0 Å². The zero-order valence-corrected chi connectivity index (χ0v) is 17.9. The number of benzene rings is 2. The van der Waals surface area contributed by atoms with Crippen LogP contribution >= 0.6 is 0 Å². The van der Waals surface area contributed by atoms with Crippen LogP contribution in [0.1, 0.15) is 50.8 Å². The van der Waals surface area contributed by atoms with E-state index in [9.17, 15) is 9.59 Å². The van der Waals surface area contributed by atoms with Crippen LogP contribution in [-0.2, 0) is 16.0 Å². The standard InChI is InChI=1S/C24H30N2O4/c1-4-29-21-13-10-19(16-22(21)30-5-2)17(3)25-23(27)15-18-8-11-20(12-9-18)26-14-6-7-24(26)28/h8-13,16-17H,4-7,14-15H2,1-3H3,(H,25,27)/t17-/m1/s1. The van der Waals surface area contributed by atoms with Crippen molar-refractivity contribution in [1.82, 2.24) is 5.32 Å². The van der Waals surface area contributed by atoms with Crippen molar-refractivity contribution in [1.29, 1.82) is 0 Å². The maximum atomic E-state index is 12.5. The quantitative estimate of drug-likeness (QED) is 0.678. The van der Waals surface area contributed by atoms with Crippen LogP contribution in [0, 0.1) is 0 Å². The van der Waals surface area contributed by atoms with E-state index >= 15 is 0 Å². The molecule has 1 saturated heterocycles. The Morgan fingerprint density at radius 3 is 2.40 bits per heavy atom. The number of ether oxygens (including phenoxy) is 2. The summed E-state index contributed by atoms with van der Waals surface area (Å²) in [6.45, 7) is 7.69. The van der Waals surface area contributed by atoms with Crippen LogP contribution in [0.2, 0.25) is 0 Å². The predicted molar refractivity (Wildman–Crippen MR) is 117 cm³/mol. The number of carbonyl (C=O) groups excluding carboxylic acids is 2. The Hall–Kier alpha value is -3.02. The number of anilines is 1. The molecule has 0 aromatic heterocycles. The van der Waals surface area contributed by atoms with Gasteiger partial charge in [0.15, 0.2) is 11.5 Å². The van der Waals surface area contributed by atoms with Gasteiger partial charge in [0, 0.05) is 18.7 Å². The summed E-state index contributed by atoms with van der Waals surface area (Å²) >= 11 is 0. The molecule has 2 aromatic rings. The molecule has 1 atom stereocenters. The average Bonchev–Trinajstić information content (AvgIpc) is 3.16. The second-order valence-corrected chi connectivity index (χ2v) is 7.35. The minimum atomic E-state index is -0.158. The lowest BCUT2D eigenvalue weighted by Crippen LogP contribution is -2.28. The predicted octanol–water partition coefficient (Wildman–Crippen LogP) is 4.03. The number of hydrogen-bond acceptors (Lipinski definition) is 4. The van der Waals surface area contributed by atoms with Crippen molar-refractivity contribution in [2.75, 3.05) is 24.7 Å². The molecule has 6 nitrogen and oxygen atoms in total. The summed E-state index contributed by atoms with van der Waals surface area (Å²) in [4.78, 5) is 26.2. The van der Waals surface area contributed by atoms with Crippen LogP contribution in [0.3, 0.4) is 0 Å². The maximum Gasteiger partial charge on any atom is 0.227 e. The van der Waals surface area contributed by atoms with Gasteiger partial charge in [0.25, 0.3) is 0 Å². The molecule has 3 rings (SSSR count). The normalized spacial score (nSPS) is 14.5. The topological polar surface area (TPSA) is 67.9 Å². The SMILES string of the molecule is CCOc1ccc([C@@H](C)NC(=O)Cc2ccc(N3CCCC3=O)cc2)cc1OCC. The molecule has 0 radical (unpaired) electrons. The number of rotatable bonds is 9. The van der Waals surface area contributed by atoms with Crippen LogP contribution in [-0.4, -0.2) is 31.6 Å². The van der Waals surface area contributed by atoms with Crippen LogP contribution in [0.15, 0.2) is 42.5 Å². The third-order valence-electron chi connectivity index (χ3n) is 5.13. The van der Waals surface area contributed by atoms with E-state index < -0.39 is 0 Å². The molecule has 0 spiro atoms. The van der Waals surface area contributed by atoms with Crippen molar-refractivity contribution in [3.63, 3.8) is 0 Å². The van der Waals surface area contributed by atoms with E-state index in [1.54, 1.807) is 4.90 Å². The molecule has 1 N–H and O–H groups in total. The number of hydrogen-bond donors (Lipinski definition) is 1. The van der Waals surface area contributed by atoms with E-state index in [2.05, 4.69) is 5.32 Å². The fourth-order valence-electron chi connectivity index (χ4n) is 3.61. The maximum absolute atomic E-state index is 12.5. The Morgan fingerprint density at radius 1 is 1.07 bits per heavy atom. The van der Waals surface area contributed by atoms with Gasteiger partial charge in [0.2, 0.25) is 11.8 Å². The van der Waals surface area contributed by atoms with Gasteiger partial charge in [-0.25, -0.2) is 0 Å². The van der Waals surface area contributed by atoms with Gasteiger partial charge >= 0.3 is 0 Å². The van der Waals surface area contributed by atoms with Crippen molar-refractivity contribution >= 4 is 17.5 Å². The van der Waals surface area contributed by atoms with Crippen molar-refractivity contribution < 1.29 is 19.1 Å². The fraction of sp³-hybridized carbons (Fsp3) is 0.417. The second-order valence-electron chi connectivity index (χ2n) is 7.35. The Bertz CT molecular complexity index is 879. The van der Waals surface area contributed by atoms with Gasteiger partial charge in [-0.2, -0.15) is 0 Å². The molecular formula is C24H30N2O4. The molecule has 2 amide bonds. The van der Waals surface area contributed by atoms with Crippen LogP contribution < -0.4 is 19.7 Å². The Kier molecular flexibility index (Phi) is 7.33. The van der Waals surface area contributed by atoms with Gasteiger partial charge < -0.3 is 19.7 Å². The summed E-state index contributed by atoms with van der Waals surface area (Å²) in [6, 6.07) is 13.2. The van der Waals surface area contributed by atoms with Gasteiger partial charge in [-0.05, 0) is 62.6 Å². The largest absolute Gasteiger partial charge is 0.490 e. The van der Waals surface area contributed by atoms with Gasteiger partial charge in [0.05, 0.1) is 25.7 Å². The van der Waals surface area contributed by atoms with Crippen LogP contribution in [0.4, 0.5) is 5.69 Å². The molecule has 30 heavy (non-hydrogen) atoms. The minimum Gasteiger partial charge on any atom is -0.490 e. The minimum absolute atomic E-state index is 0.0562. The number of carbonyl (C=O) groups is 2. The summed E-state index contributed by atoms with van der Waals surface area (Å²) in [7, 11) is 0. The van der Waals surface area contributed by atoms with E-state index in [4.69, 9.17) is 9.47 Å². The zero-order chi connectivity index (χ0) is 21.5. The van der Waals surface area contributed by atoms with Gasteiger partial charge in [-0.3, -0.25) is 9.59 Å². The molecule has 1 aliphatic rings.